The highest BCUT2D eigenvalue weighted by atomic mass is 16.5. The van der Waals surface area contributed by atoms with Gasteiger partial charge in [-0.3, -0.25) is 0 Å². The molecule has 5 nitrogen and oxygen atoms in total. The van der Waals surface area contributed by atoms with Crippen LogP contribution in [0.2, 0.25) is 0 Å². The van der Waals surface area contributed by atoms with Crippen LogP contribution >= 0.6 is 0 Å². The van der Waals surface area contributed by atoms with Crippen molar-refractivity contribution < 1.29 is 19.1 Å². The van der Waals surface area contributed by atoms with Crippen LogP contribution in [-0.4, -0.2) is 18.2 Å². The molecule has 3 rings (SSSR count). The van der Waals surface area contributed by atoms with E-state index in [0.29, 0.717) is 10.8 Å². The molecule has 3 aromatic rings. The Morgan fingerprint density at radius 3 is 2.70 bits per heavy atom. The first-order valence-corrected chi connectivity index (χ1v) is 5.89. The average molecular weight is 270 g/mol. The van der Waals surface area contributed by atoms with Gasteiger partial charge in [-0.1, -0.05) is 30.3 Å². The molecule has 0 aliphatic carbocycles. The van der Waals surface area contributed by atoms with Crippen molar-refractivity contribution in [2.24, 2.45) is 0 Å². The van der Waals surface area contributed by atoms with E-state index in [0.717, 1.165) is 12.5 Å². The Hall–Kier alpha value is -2.82. The lowest BCUT2D eigenvalue weighted by molar-refractivity contribution is 0.0593. The minimum absolute atomic E-state index is 0.221. The first-order chi connectivity index (χ1) is 9.63. The number of benzene rings is 2. The number of rotatable bonds is 1. The largest absolute Gasteiger partial charge is 0.506 e. The first kappa shape index (κ1) is 12.2. The van der Waals surface area contributed by atoms with E-state index in [1.54, 1.807) is 24.3 Å². The van der Waals surface area contributed by atoms with Crippen molar-refractivity contribution in [3.8, 4) is 5.75 Å². The Morgan fingerprint density at radius 1 is 1.20 bits per heavy atom. The highest BCUT2D eigenvalue weighted by Gasteiger charge is 2.22. The molecule has 0 unspecified atom stereocenters. The van der Waals surface area contributed by atoms with Gasteiger partial charge in [-0.2, -0.15) is 0 Å². The summed E-state index contributed by atoms with van der Waals surface area (Å²) in [6.45, 7) is 0. The summed E-state index contributed by atoms with van der Waals surface area (Å²) >= 11 is 0. The molecular formula is C15H10O5. The topological polar surface area (TPSA) is 76.7 Å². The van der Waals surface area contributed by atoms with Crippen LogP contribution in [0.1, 0.15) is 10.4 Å². The maximum atomic E-state index is 11.8. The molecule has 0 radical (unpaired) electrons. The predicted octanol–water partition coefficient (Wildman–Crippen LogP) is 2.44. The molecule has 0 fully saturated rings. The number of esters is 1. The van der Waals surface area contributed by atoms with Gasteiger partial charge >= 0.3 is 11.6 Å². The summed E-state index contributed by atoms with van der Waals surface area (Å²) in [7, 11) is 1.13. The monoisotopic (exact) mass is 270 g/mol. The first-order valence-electron chi connectivity index (χ1n) is 5.89. The van der Waals surface area contributed by atoms with E-state index < -0.39 is 22.9 Å². The molecule has 0 saturated heterocycles. The van der Waals surface area contributed by atoms with E-state index in [1.165, 1.54) is 0 Å². The van der Waals surface area contributed by atoms with Crippen LogP contribution in [0.4, 0.5) is 0 Å². The molecule has 0 spiro atoms. The van der Waals surface area contributed by atoms with Crippen LogP contribution in [-0.2, 0) is 4.74 Å². The van der Waals surface area contributed by atoms with Crippen molar-refractivity contribution >= 4 is 27.7 Å². The predicted molar refractivity (Wildman–Crippen MR) is 73.0 cm³/mol. The van der Waals surface area contributed by atoms with E-state index >= 15 is 0 Å². The Labute approximate surface area is 113 Å². The van der Waals surface area contributed by atoms with Gasteiger partial charge in [0.05, 0.1) is 12.5 Å². The lowest BCUT2D eigenvalue weighted by Gasteiger charge is -2.07. The zero-order chi connectivity index (χ0) is 14.3. The van der Waals surface area contributed by atoms with Crippen LogP contribution in [0.25, 0.3) is 21.7 Å². The summed E-state index contributed by atoms with van der Waals surface area (Å²) in [4.78, 5) is 23.4. The minimum atomic E-state index is -0.925. The summed E-state index contributed by atoms with van der Waals surface area (Å²) in [5, 5.41) is 12.1. The van der Waals surface area contributed by atoms with Crippen molar-refractivity contribution in [3.63, 3.8) is 0 Å². The molecule has 5 heteroatoms. The number of hydrogen-bond donors (Lipinski definition) is 1. The zero-order valence-electron chi connectivity index (χ0n) is 10.5. The number of aromatic hydroxyl groups is 1. The van der Waals surface area contributed by atoms with E-state index in [-0.39, 0.29) is 5.58 Å². The second-order valence-electron chi connectivity index (χ2n) is 4.26. The summed E-state index contributed by atoms with van der Waals surface area (Å²) in [5.41, 5.74) is -1.19. The molecule has 2 aromatic carbocycles. The number of carbonyl (C=O) groups excluding carboxylic acids is 1. The van der Waals surface area contributed by atoms with Gasteiger partial charge < -0.3 is 14.3 Å². The summed E-state index contributed by atoms with van der Waals surface area (Å²) in [6.07, 6.45) is 0. The molecule has 1 heterocycles. The SMILES string of the molecule is COC(=O)c1c(O)c2c(ccc3ccccc32)oc1=O. The number of carbonyl (C=O) groups is 1. The molecule has 0 bridgehead atoms. The van der Waals surface area contributed by atoms with Crippen LogP contribution in [0.15, 0.2) is 45.6 Å². The maximum Gasteiger partial charge on any atom is 0.354 e. The Bertz CT molecular complexity index is 892. The van der Waals surface area contributed by atoms with Gasteiger partial charge in [0.2, 0.25) is 0 Å². The Kier molecular flexibility index (Phi) is 2.68. The fraction of sp³-hybridized carbons (Fsp3) is 0.0667. The normalized spacial score (nSPS) is 10.8. The van der Waals surface area contributed by atoms with Crippen molar-refractivity contribution in [2.75, 3.05) is 7.11 Å². The number of fused-ring (bicyclic) bond motifs is 3. The second kappa shape index (κ2) is 4.38. The van der Waals surface area contributed by atoms with Gasteiger partial charge in [-0.25, -0.2) is 9.59 Å². The summed E-state index contributed by atoms with van der Waals surface area (Å²) < 4.78 is 9.59. The molecule has 1 N–H and O–H groups in total. The van der Waals surface area contributed by atoms with Crippen LogP contribution in [0.5, 0.6) is 5.75 Å². The molecule has 0 aliphatic heterocycles. The average Bonchev–Trinajstić information content (AvgIpc) is 2.46. The fourth-order valence-electron chi connectivity index (χ4n) is 2.24. The third kappa shape index (κ3) is 1.64. The van der Waals surface area contributed by atoms with Crippen molar-refractivity contribution in [3.05, 3.63) is 52.4 Å². The van der Waals surface area contributed by atoms with Gasteiger partial charge in [-0.05, 0) is 16.8 Å². The zero-order valence-corrected chi connectivity index (χ0v) is 10.5. The van der Waals surface area contributed by atoms with E-state index in [2.05, 4.69) is 4.74 Å². The molecule has 1 aromatic heterocycles. The van der Waals surface area contributed by atoms with Gasteiger partial charge in [0.15, 0.2) is 5.56 Å². The van der Waals surface area contributed by atoms with Crippen LogP contribution in [0.3, 0.4) is 0 Å². The van der Waals surface area contributed by atoms with Gasteiger partial charge in [-0.15, -0.1) is 0 Å². The molecule has 0 saturated carbocycles. The fourth-order valence-corrected chi connectivity index (χ4v) is 2.24. The second-order valence-corrected chi connectivity index (χ2v) is 4.26. The standard InChI is InChI=1S/C15H10O5/c1-19-14(17)12-13(16)11-9-5-3-2-4-8(9)6-7-10(11)20-15(12)18/h2-7,16H,1H3. The van der Waals surface area contributed by atoms with Crippen LogP contribution < -0.4 is 5.63 Å². The number of hydrogen-bond acceptors (Lipinski definition) is 5. The molecule has 0 atom stereocenters. The highest BCUT2D eigenvalue weighted by Crippen LogP contribution is 2.33. The van der Waals surface area contributed by atoms with Gasteiger partial charge in [0.25, 0.3) is 0 Å². The minimum Gasteiger partial charge on any atom is -0.506 e. The third-order valence-corrected chi connectivity index (χ3v) is 3.16. The van der Waals surface area contributed by atoms with E-state index in [4.69, 9.17) is 4.42 Å². The van der Waals surface area contributed by atoms with Gasteiger partial charge in [0, 0.05) is 0 Å². The van der Waals surface area contributed by atoms with Crippen molar-refractivity contribution in [2.45, 2.75) is 0 Å². The Balaban J connectivity index is 2.54. The van der Waals surface area contributed by atoms with E-state index in [9.17, 15) is 14.7 Å². The maximum absolute atomic E-state index is 11.8. The number of ether oxygens (including phenoxy) is 1. The lowest BCUT2D eigenvalue weighted by Crippen LogP contribution is -2.15. The van der Waals surface area contributed by atoms with Crippen LogP contribution in [0, 0.1) is 0 Å². The van der Waals surface area contributed by atoms with Crippen molar-refractivity contribution in [1.82, 2.24) is 0 Å². The van der Waals surface area contributed by atoms with Gasteiger partial charge in [0.1, 0.15) is 11.3 Å². The molecule has 20 heavy (non-hydrogen) atoms. The third-order valence-electron chi connectivity index (χ3n) is 3.16. The molecular weight excluding hydrogens is 260 g/mol. The molecule has 0 aliphatic rings. The lowest BCUT2D eigenvalue weighted by atomic mass is 10.0. The summed E-state index contributed by atoms with van der Waals surface area (Å²) in [5.74, 6) is -1.34. The summed E-state index contributed by atoms with van der Waals surface area (Å²) in [6, 6.07) is 10.6. The highest BCUT2D eigenvalue weighted by molar-refractivity contribution is 6.11. The molecule has 0 amide bonds. The van der Waals surface area contributed by atoms with Crippen molar-refractivity contribution in [1.29, 1.82) is 0 Å². The molecule has 100 valence electrons. The number of methoxy groups -OCH3 is 1. The van der Waals surface area contributed by atoms with E-state index in [1.807, 2.05) is 12.1 Å². The smallest absolute Gasteiger partial charge is 0.354 e. The Morgan fingerprint density at radius 2 is 1.95 bits per heavy atom. The quantitative estimate of drug-likeness (QED) is 0.417.